The Balaban J connectivity index is 1.64. The van der Waals surface area contributed by atoms with Gasteiger partial charge in [0.05, 0.1) is 13.0 Å². The summed E-state index contributed by atoms with van der Waals surface area (Å²) in [7, 11) is 0. The molecule has 30 heavy (non-hydrogen) atoms. The van der Waals surface area contributed by atoms with Gasteiger partial charge in [0.2, 0.25) is 11.8 Å². The minimum Gasteiger partial charge on any atom is -0.384 e. The third-order valence-electron chi connectivity index (χ3n) is 4.50. The van der Waals surface area contributed by atoms with Crippen LogP contribution in [0.5, 0.6) is 0 Å². The van der Waals surface area contributed by atoms with E-state index in [1.165, 1.54) is 6.92 Å². The molecule has 0 bridgehead atoms. The number of amidine groups is 1. The highest BCUT2D eigenvalue weighted by Gasteiger charge is 2.32. The molecule has 0 spiro atoms. The first-order valence-electron chi connectivity index (χ1n) is 9.38. The van der Waals surface area contributed by atoms with E-state index in [4.69, 9.17) is 15.9 Å². The summed E-state index contributed by atoms with van der Waals surface area (Å²) in [6.07, 6.45) is -1.03. The molecular weight excluding hydrogens is 386 g/mol. The first-order chi connectivity index (χ1) is 14.3. The smallest absolute Gasteiger partial charge is 0.256 e. The maximum atomic E-state index is 12.9. The molecule has 3 rings (SSSR count). The molecule has 3 amide bonds. The average molecular weight is 409 g/mol. The first-order valence-corrected chi connectivity index (χ1v) is 9.38. The lowest BCUT2D eigenvalue weighted by Gasteiger charge is -2.32. The van der Waals surface area contributed by atoms with Gasteiger partial charge in [-0.25, -0.2) is 0 Å². The van der Waals surface area contributed by atoms with E-state index in [1.54, 1.807) is 53.4 Å². The molecule has 5 N–H and O–H groups in total. The van der Waals surface area contributed by atoms with Crippen molar-refractivity contribution in [3.63, 3.8) is 0 Å². The van der Waals surface area contributed by atoms with E-state index in [0.717, 1.165) is 0 Å². The van der Waals surface area contributed by atoms with Crippen molar-refractivity contribution in [3.05, 3.63) is 54.1 Å². The van der Waals surface area contributed by atoms with Crippen LogP contribution in [0.1, 0.15) is 18.9 Å². The summed E-state index contributed by atoms with van der Waals surface area (Å²) >= 11 is 0. The molecule has 2 aromatic carbocycles. The van der Waals surface area contributed by atoms with Crippen molar-refractivity contribution in [1.82, 2.24) is 0 Å². The molecule has 1 aliphatic rings. The van der Waals surface area contributed by atoms with E-state index in [1.807, 2.05) is 0 Å². The molecule has 1 saturated heterocycles. The molecule has 0 aliphatic carbocycles. The number of anilines is 3. The van der Waals surface area contributed by atoms with Gasteiger partial charge in [-0.1, -0.05) is 6.07 Å². The van der Waals surface area contributed by atoms with Crippen molar-refractivity contribution in [2.75, 3.05) is 28.7 Å². The van der Waals surface area contributed by atoms with Crippen molar-refractivity contribution >= 4 is 40.6 Å². The molecule has 1 unspecified atom stereocenters. The second kappa shape index (κ2) is 9.19. The number of rotatable bonds is 6. The molecule has 1 atom stereocenters. The molecule has 9 heteroatoms. The number of carbonyl (C=O) groups is 3. The van der Waals surface area contributed by atoms with Crippen LogP contribution in [-0.2, 0) is 19.1 Å². The Morgan fingerprint density at radius 1 is 1.17 bits per heavy atom. The third kappa shape index (κ3) is 5.21. The lowest BCUT2D eigenvalue weighted by atomic mass is 10.1. The number of carbonyl (C=O) groups excluding carboxylic acids is 3. The summed E-state index contributed by atoms with van der Waals surface area (Å²) in [6, 6.07) is 13.5. The van der Waals surface area contributed by atoms with Crippen molar-refractivity contribution in [3.8, 4) is 0 Å². The maximum absolute atomic E-state index is 12.9. The Morgan fingerprint density at radius 3 is 2.57 bits per heavy atom. The molecule has 1 heterocycles. The predicted octanol–water partition coefficient (Wildman–Crippen LogP) is 1.69. The van der Waals surface area contributed by atoms with Gasteiger partial charge in [0, 0.05) is 36.1 Å². The molecule has 156 valence electrons. The highest BCUT2D eigenvalue weighted by atomic mass is 16.5. The van der Waals surface area contributed by atoms with Gasteiger partial charge in [-0.2, -0.15) is 0 Å². The van der Waals surface area contributed by atoms with Gasteiger partial charge in [-0.05, 0) is 42.5 Å². The standard InChI is InChI=1S/C21H23N5O4/c1-13(27)24-16-3-2-4-17(11-16)26-9-10-30-18(21(26)29)12-19(28)25-15-7-5-14(6-8-15)20(22)23/h2-8,11,18H,9-10,12H2,1H3,(H3,22,23)(H,24,27)(H,25,28). The fourth-order valence-corrected chi connectivity index (χ4v) is 3.11. The number of morpholine rings is 1. The summed E-state index contributed by atoms with van der Waals surface area (Å²) in [5.74, 6) is -0.941. The Morgan fingerprint density at radius 2 is 1.90 bits per heavy atom. The summed E-state index contributed by atoms with van der Waals surface area (Å²) in [6.45, 7) is 2.06. The van der Waals surface area contributed by atoms with Gasteiger partial charge < -0.3 is 26.0 Å². The summed E-state index contributed by atoms with van der Waals surface area (Å²) in [4.78, 5) is 38.1. The number of hydrogen-bond donors (Lipinski definition) is 4. The lowest BCUT2D eigenvalue weighted by molar-refractivity contribution is -0.137. The third-order valence-corrected chi connectivity index (χ3v) is 4.50. The van der Waals surface area contributed by atoms with Crippen LogP contribution in [0.25, 0.3) is 0 Å². The summed E-state index contributed by atoms with van der Waals surface area (Å²) in [5, 5.41) is 12.8. The van der Waals surface area contributed by atoms with Gasteiger partial charge in [0.15, 0.2) is 0 Å². The normalized spacial score (nSPS) is 16.1. The Kier molecular flexibility index (Phi) is 6.43. The Labute approximate surface area is 173 Å². The van der Waals surface area contributed by atoms with Gasteiger partial charge >= 0.3 is 0 Å². The van der Waals surface area contributed by atoms with Crippen molar-refractivity contribution in [2.24, 2.45) is 5.73 Å². The van der Waals surface area contributed by atoms with Gasteiger partial charge in [0.25, 0.3) is 5.91 Å². The average Bonchev–Trinajstić information content (AvgIpc) is 2.69. The van der Waals surface area contributed by atoms with E-state index >= 15 is 0 Å². The molecule has 0 radical (unpaired) electrons. The highest BCUT2D eigenvalue weighted by Crippen LogP contribution is 2.24. The van der Waals surface area contributed by atoms with Gasteiger partial charge in [0.1, 0.15) is 11.9 Å². The Bertz CT molecular complexity index is 974. The van der Waals surface area contributed by atoms with E-state index in [0.29, 0.717) is 35.8 Å². The zero-order valence-corrected chi connectivity index (χ0v) is 16.5. The largest absolute Gasteiger partial charge is 0.384 e. The minimum atomic E-state index is -0.903. The fourth-order valence-electron chi connectivity index (χ4n) is 3.11. The number of amides is 3. The molecule has 0 saturated carbocycles. The molecule has 2 aromatic rings. The molecular formula is C21H23N5O4. The number of hydrogen-bond acceptors (Lipinski definition) is 5. The summed E-state index contributed by atoms with van der Waals surface area (Å²) < 4.78 is 5.53. The minimum absolute atomic E-state index is 0.0586. The first kappa shape index (κ1) is 21.0. The zero-order chi connectivity index (χ0) is 21.7. The lowest BCUT2D eigenvalue weighted by Crippen LogP contribution is -2.49. The number of benzene rings is 2. The fraction of sp³-hybridized carbons (Fsp3) is 0.238. The number of nitrogens with one attached hydrogen (secondary N) is 3. The van der Waals surface area contributed by atoms with Crippen LogP contribution in [-0.4, -0.2) is 42.8 Å². The van der Waals surface area contributed by atoms with Crippen LogP contribution in [0.4, 0.5) is 17.1 Å². The van der Waals surface area contributed by atoms with Crippen LogP contribution in [0.2, 0.25) is 0 Å². The van der Waals surface area contributed by atoms with Crippen LogP contribution >= 0.6 is 0 Å². The topological polar surface area (TPSA) is 138 Å². The van der Waals surface area contributed by atoms with Crippen LogP contribution in [0, 0.1) is 5.41 Å². The maximum Gasteiger partial charge on any atom is 0.256 e. The van der Waals surface area contributed by atoms with E-state index in [-0.39, 0.29) is 30.0 Å². The zero-order valence-electron chi connectivity index (χ0n) is 16.5. The Hall–Kier alpha value is -3.72. The van der Waals surface area contributed by atoms with Gasteiger partial charge in [-0.3, -0.25) is 19.8 Å². The highest BCUT2D eigenvalue weighted by molar-refractivity contribution is 6.02. The summed E-state index contributed by atoms with van der Waals surface area (Å²) in [5.41, 5.74) is 7.71. The SMILES string of the molecule is CC(=O)Nc1cccc(N2CCOC(CC(=O)Nc3ccc(C(=N)N)cc3)C2=O)c1. The number of nitrogens with two attached hydrogens (primary N) is 1. The second-order valence-corrected chi connectivity index (χ2v) is 6.82. The van der Waals surface area contributed by atoms with Gasteiger partial charge in [-0.15, -0.1) is 0 Å². The van der Waals surface area contributed by atoms with E-state index in [9.17, 15) is 14.4 Å². The molecule has 1 fully saturated rings. The van der Waals surface area contributed by atoms with Crippen LogP contribution < -0.4 is 21.3 Å². The quantitative estimate of drug-likeness (QED) is 0.425. The van der Waals surface area contributed by atoms with Crippen molar-refractivity contribution < 1.29 is 19.1 Å². The number of nitrogen functional groups attached to an aromatic ring is 1. The van der Waals surface area contributed by atoms with Crippen LogP contribution in [0.3, 0.4) is 0 Å². The molecule has 0 aromatic heterocycles. The van der Waals surface area contributed by atoms with Crippen LogP contribution in [0.15, 0.2) is 48.5 Å². The molecule has 9 nitrogen and oxygen atoms in total. The number of ether oxygens (including phenoxy) is 1. The second-order valence-electron chi connectivity index (χ2n) is 6.82. The van der Waals surface area contributed by atoms with Crippen molar-refractivity contribution in [2.45, 2.75) is 19.4 Å². The van der Waals surface area contributed by atoms with E-state index in [2.05, 4.69) is 10.6 Å². The van der Waals surface area contributed by atoms with E-state index < -0.39 is 6.10 Å². The molecule has 1 aliphatic heterocycles. The van der Waals surface area contributed by atoms with Crippen molar-refractivity contribution in [1.29, 1.82) is 5.41 Å². The monoisotopic (exact) mass is 409 g/mol. The predicted molar refractivity (Wildman–Crippen MR) is 114 cm³/mol. The number of nitrogens with zero attached hydrogens (tertiary/aromatic N) is 1.